The summed E-state index contributed by atoms with van der Waals surface area (Å²) in [6.07, 6.45) is 2.93. The van der Waals surface area contributed by atoms with Gasteiger partial charge >= 0.3 is 12.1 Å². The zero-order valence-corrected chi connectivity index (χ0v) is 29.6. The summed E-state index contributed by atoms with van der Waals surface area (Å²) in [5.74, 6) is -0.556. The molecule has 2 aromatic carbocycles. The number of halogens is 2. The molecule has 46 heavy (non-hydrogen) atoms. The fourth-order valence-corrected chi connectivity index (χ4v) is 8.47. The first-order valence-electron chi connectivity index (χ1n) is 16.5. The molecular formula is C34H44Br2N6O4. The van der Waals surface area contributed by atoms with Crippen LogP contribution in [0.5, 0.6) is 0 Å². The summed E-state index contributed by atoms with van der Waals surface area (Å²) < 4.78 is 1.81. The average Bonchev–Trinajstić information content (AvgIpc) is 3.23. The van der Waals surface area contributed by atoms with Crippen molar-refractivity contribution in [3.8, 4) is 0 Å². The Morgan fingerprint density at radius 2 is 1.63 bits per heavy atom. The Kier molecular flexibility index (Phi) is 10.6. The third kappa shape index (κ3) is 7.40. The Hall–Kier alpha value is -2.67. The van der Waals surface area contributed by atoms with Gasteiger partial charge in [0.05, 0.1) is 5.92 Å². The molecule has 248 valence electrons. The third-order valence-electron chi connectivity index (χ3n) is 10.5. The van der Waals surface area contributed by atoms with E-state index in [4.69, 9.17) is 0 Å². The number of benzene rings is 2. The molecule has 4 aliphatic rings. The van der Waals surface area contributed by atoms with Gasteiger partial charge in [0.2, 0.25) is 5.91 Å². The first-order valence-corrected chi connectivity index (χ1v) is 18.1. The highest BCUT2D eigenvalue weighted by Crippen LogP contribution is 2.34. The Bertz CT molecular complexity index is 1430. The van der Waals surface area contributed by atoms with Crippen LogP contribution in [-0.4, -0.2) is 125 Å². The Morgan fingerprint density at radius 3 is 2.35 bits per heavy atom. The SMILES string of the molecule is CN1CCN(C2CCN(C(=O)C(Cc3ccc(Br)c(Br)c3)C3CC(N4CCc5ccccc5NC4=O)CCN3C(=O)O)CC2)CC1. The van der Waals surface area contributed by atoms with E-state index in [9.17, 15) is 19.5 Å². The lowest BCUT2D eigenvalue weighted by Gasteiger charge is -2.46. The van der Waals surface area contributed by atoms with Gasteiger partial charge in [-0.3, -0.25) is 9.69 Å². The quantitative estimate of drug-likeness (QED) is 0.420. The maximum Gasteiger partial charge on any atom is 0.407 e. The van der Waals surface area contributed by atoms with Crippen LogP contribution in [0.4, 0.5) is 15.3 Å². The molecule has 3 unspecified atom stereocenters. The predicted molar refractivity (Wildman–Crippen MR) is 185 cm³/mol. The molecule has 3 atom stereocenters. The number of fused-ring (bicyclic) bond motifs is 1. The topological polar surface area (TPSA) is 99.7 Å². The normalized spacial score (nSPS) is 24.2. The maximum absolute atomic E-state index is 14.6. The lowest BCUT2D eigenvalue weighted by molar-refractivity contribution is -0.140. The molecule has 4 amide bonds. The lowest BCUT2D eigenvalue weighted by Crippen LogP contribution is -2.59. The molecule has 6 rings (SSSR count). The van der Waals surface area contributed by atoms with Gasteiger partial charge in [0.25, 0.3) is 0 Å². The van der Waals surface area contributed by atoms with Crippen LogP contribution in [0.15, 0.2) is 51.4 Å². The second-order valence-corrected chi connectivity index (χ2v) is 14.9. The van der Waals surface area contributed by atoms with Gasteiger partial charge in [0.1, 0.15) is 0 Å². The molecule has 0 spiro atoms. The van der Waals surface area contributed by atoms with Crippen molar-refractivity contribution in [2.24, 2.45) is 5.92 Å². The maximum atomic E-state index is 14.6. The average molecular weight is 761 g/mol. The van der Waals surface area contributed by atoms with Crippen molar-refractivity contribution < 1.29 is 19.5 Å². The molecule has 0 radical (unpaired) electrons. The summed E-state index contributed by atoms with van der Waals surface area (Å²) in [6, 6.07) is 13.4. The number of carboxylic acid groups (broad SMARTS) is 1. The number of likely N-dealkylation sites (tertiary alicyclic amines) is 2. The number of likely N-dealkylation sites (N-methyl/N-ethyl adjacent to an activating group) is 1. The second kappa shape index (κ2) is 14.6. The van der Waals surface area contributed by atoms with Crippen LogP contribution in [0.2, 0.25) is 0 Å². The fraction of sp³-hybridized carbons (Fsp3) is 0.559. The minimum atomic E-state index is -1.01. The van der Waals surface area contributed by atoms with Crippen LogP contribution in [0, 0.1) is 5.92 Å². The number of hydrogen-bond donors (Lipinski definition) is 2. The lowest BCUT2D eigenvalue weighted by atomic mass is 9.82. The fourth-order valence-electron chi connectivity index (χ4n) is 7.80. The van der Waals surface area contributed by atoms with Crippen molar-refractivity contribution in [3.63, 3.8) is 0 Å². The Morgan fingerprint density at radius 1 is 0.913 bits per heavy atom. The molecule has 0 bridgehead atoms. The van der Waals surface area contributed by atoms with Crippen molar-refractivity contribution in [2.75, 3.05) is 64.7 Å². The highest BCUT2D eigenvalue weighted by molar-refractivity contribution is 9.13. The standard InChI is InChI=1S/C34H44Br2N6O4/c1-38-16-18-39(19-17-38)25-9-12-40(13-10-25)32(43)27(20-23-6-7-28(35)29(36)21-23)31-22-26(11-15-42(31)34(45)46)41-14-8-24-4-2-3-5-30(24)37-33(41)44/h2-7,21,25-27,31H,8-20,22H2,1H3,(H,37,44)(H,45,46). The van der Waals surface area contributed by atoms with E-state index in [1.54, 1.807) is 0 Å². The smallest absolute Gasteiger partial charge is 0.407 e. The van der Waals surface area contributed by atoms with E-state index in [-0.39, 0.29) is 24.5 Å². The van der Waals surface area contributed by atoms with Crippen molar-refractivity contribution in [1.82, 2.24) is 24.5 Å². The summed E-state index contributed by atoms with van der Waals surface area (Å²) in [7, 11) is 2.16. The van der Waals surface area contributed by atoms with E-state index in [0.717, 1.165) is 71.2 Å². The number of nitrogens with one attached hydrogen (secondary N) is 1. The van der Waals surface area contributed by atoms with E-state index in [2.05, 4.69) is 54.0 Å². The Balaban J connectivity index is 1.23. The number of rotatable bonds is 6. The van der Waals surface area contributed by atoms with Gasteiger partial charge in [-0.2, -0.15) is 0 Å². The monoisotopic (exact) mass is 758 g/mol. The van der Waals surface area contributed by atoms with Crippen LogP contribution in [0.1, 0.15) is 36.8 Å². The van der Waals surface area contributed by atoms with E-state index in [1.165, 1.54) is 4.90 Å². The van der Waals surface area contributed by atoms with Crippen molar-refractivity contribution >= 4 is 55.6 Å². The zero-order chi connectivity index (χ0) is 32.4. The summed E-state index contributed by atoms with van der Waals surface area (Å²) in [6.45, 7) is 6.42. The molecule has 10 nitrogen and oxygen atoms in total. The molecule has 2 aromatic rings. The summed E-state index contributed by atoms with van der Waals surface area (Å²) >= 11 is 7.16. The molecule has 0 aromatic heterocycles. The van der Waals surface area contributed by atoms with Crippen LogP contribution in [0.25, 0.3) is 0 Å². The van der Waals surface area contributed by atoms with Crippen LogP contribution in [0.3, 0.4) is 0 Å². The van der Waals surface area contributed by atoms with Crippen molar-refractivity contribution in [2.45, 2.75) is 56.7 Å². The van der Waals surface area contributed by atoms with Gasteiger partial charge in [0.15, 0.2) is 0 Å². The molecule has 0 saturated carbocycles. The molecule has 12 heteroatoms. The molecule has 0 aliphatic carbocycles. The highest BCUT2D eigenvalue weighted by Gasteiger charge is 2.44. The number of amides is 4. The predicted octanol–water partition coefficient (Wildman–Crippen LogP) is 5.21. The van der Waals surface area contributed by atoms with Gasteiger partial charge in [-0.05, 0) is 107 Å². The Labute approximate surface area is 288 Å². The molecule has 4 heterocycles. The third-order valence-corrected chi connectivity index (χ3v) is 12.4. The first kappa shape index (κ1) is 33.2. The number of piperidine rings is 2. The van der Waals surface area contributed by atoms with Crippen molar-refractivity contribution in [3.05, 3.63) is 62.5 Å². The summed E-state index contributed by atoms with van der Waals surface area (Å²) in [5, 5.41) is 13.5. The van der Waals surface area contributed by atoms with E-state index < -0.39 is 18.1 Å². The summed E-state index contributed by atoms with van der Waals surface area (Å²) in [5.41, 5.74) is 2.88. The number of anilines is 1. The summed E-state index contributed by atoms with van der Waals surface area (Å²) in [4.78, 5) is 51.0. The minimum absolute atomic E-state index is 0.0143. The molecular weight excluding hydrogens is 716 g/mol. The van der Waals surface area contributed by atoms with Gasteiger partial charge in [-0.25, -0.2) is 9.59 Å². The van der Waals surface area contributed by atoms with Crippen LogP contribution < -0.4 is 5.32 Å². The number of carbonyl (C=O) groups is 3. The van der Waals surface area contributed by atoms with Gasteiger partial charge in [-0.1, -0.05) is 24.3 Å². The van der Waals surface area contributed by atoms with Gasteiger partial charge < -0.3 is 30.0 Å². The first-order chi connectivity index (χ1) is 22.2. The van der Waals surface area contributed by atoms with Crippen molar-refractivity contribution in [1.29, 1.82) is 0 Å². The van der Waals surface area contributed by atoms with Crippen LogP contribution in [-0.2, 0) is 17.6 Å². The number of hydrogen-bond acceptors (Lipinski definition) is 5. The molecule has 3 saturated heterocycles. The molecule has 2 N–H and O–H groups in total. The minimum Gasteiger partial charge on any atom is -0.465 e. The zero-order valence-electron chi connectivity index (χ0n) is 26.4. The largest absolute Gasteiger partial charge is 0.465 e. The van der Waals surface area contributed by atoms with Gasteiger partial charge in [-0.15, -0.1) is 0 Å². The number of carbonyl (C=O) groups excluding carboxylic acids is 2. The van der Waals surface area contributed by atoms with E-state index in [0.29, 0.717) is 44.9 Å². The molecule has 3 fully saturated rings. The number of para-hydroxylation sites is 1. The molecule has 4 aliphatic heterocycles. The van der Waals surface area contributed by atoms with E-state index in [1.807, 2.05) is 52.3 Å². The van der Waals surface area contributed by atoms with Crippen LogP contribution >= 0.6 is 31.9 Å². The number of nitrogens with zero attached hydrogens (tertiary/aromatic N) is 5. The highest BCUT2D eigenvalue weighted by atomic mass is 79.9. The number of urea groups is 1. The second-order valence-electron chi connectivity index (χ2n) is 13.2. The van der Waals surface area contributed by atoms with Gasteiger partial charge in [0, 0.05) is 85.1 Å². The van der Waals surface area contributed by atoms with E-state index >= 15 is 0 Å². The number of piperazine rings is 1.